The van der Waals surface area contributed by atoms with Crippen molar-refractivity contribution in [2.45, 2.75) is 33.1 Å². The van der Waals surface area contributed by atoms with Crippen molar-refractivity contribution in [3.63, 3.8) is 0 Å². The summed E-state index contributed by atoms with van der Waals surface area (Å²) in [5.41, 5.74) is 12.7. The molecule has 152 valence electrons. The van der Waals surface area contributed by atoms with Gasteiger partial charge in [0.15, 0.2) is 0 Å². The van der Waals surface area contributed by atoms with Gasteiger partial charge in [-0.1, -0.05) is 74.5 Å². The number of fused-ring (bicyclic) bond motifs is 1. The van der Waals surface area contributed by atoms with Crippen LogP contribution in [0.5, 0.6) is 0 Å². The lowest BCUT2D eigenvalue weighted by molar-refractivity contribution is 0.703. The average molecular weight is 402 g/mol. The maximum absolute atomic E-state index is 4.58. The Kier molecular flexibility index (Phi) is 4.63. The minimum atomic E-state index is -0.00664. The number of hydrogen-bond donors (Lipinski definition) is 0. The second-order valence-electron chi connectivity index (χ2n) is 9.05. The zero-order valence-corrected chi connectivity index (χ0v) is 18.6. The van der Waals surface area contributed by atoms with Crippen molar-refractivity contribution >= 4 is 11.6 Å². The minimum Gasteiger partial charge on any atom is -0.256 e. The predicted molar refractivity (Wildman–Crippen MR) is 132 cm³/mol. The van der Waals surface area contributed by atoms with Crippen molar-refractivity contribution in [1.29, 1.82) is 0 Å². The first-order chi connectivity index (χ1) is 14.9. The molecule has 4 aromatic rings. The molecule has 31 heavy (non-hydrogen) atoms. The first-order valence-corrected chi connectivity index (χ1v) is 10.9. The second kappa shape index (κ2) is 7.35. The van der Waals surface area contributed by atoms with Crippen LogP contribution in [0.2, 0.25) is 0 Å². The molecule has 0 aliphatic heterocycles. The Hall–Kier alpha value is -3.45. The summed E-state index contributed by atoms with van der Waals surface area (Å²) in [6.45, 7) is 9.03. The van der Waals surface area contributed by atoms with Crippen LogP contribution in [0.3, 0.4) is 0 Å². The van der Waals surface area contributed by atoms with E-state index in [1.54, 1.807) is 0 Å². The zero-order valence-electron chi connectivity index (χ0n) is 18.6. The smallest absolute Gasteiger partial charge is 0.0704 e. The monoisotopic (exact) mass is 401 g/mol. The Bertz CT molecular complexity index is 1310. The highest BCUT2D eigenvalue weighted by molar-refractivity contribution is 5.96. The quantitative estimate of drug-likeness (QED) is 0.340. The first-order valence-electron chi connectivity index (χ1n) is 10.9. The molecule has 0 saturated heterocycles. The predicted octanol–water partition coefficient (Wildman–Crippen LogP) is 7.86. The zero-order chi connectivity index (χ0) is 21.6. The van der Waals surface area contributed by atoms with Crippen molar-refractivity contribution in [2.24, 2.45) is 0 Å². The minimum absolute atomic E-state index is 0.00664. The fourth-order valence-electron chi connectivity index (χ4n) is 4.84. The van der Waals surface area contributed by atoms with Crippen LogP contribution in [0.1, 0.15) is 41.7 Å². The molecular formula is C30H27N. The number of aryl methyl sites for hydroxylation is 1. The van der Waals surface area contributed by atoms with E-state index in [1.165, 1.54) is 44.5 Å². The maximum Gasteiger partial charge on any atom is 0.0704 e. The Morgan fingerprint density at radius 3 is 2.23 bits per heavy atom. The van der Waals surface area contributed by atoms with E-state index in [0.717, 1.165) is 11.3 Å². The normalized spacial score (nSPS) is 14.3. The van der Waals surface area contributed by atoms with E-state index >= 15 is 0 Å². The fraction of sp³-hybridized carbons (Fsp3) is 0.167. The van der Waals surface area contributed by atoms with E-state index in [-0.39, 0.29) is 5.41 Å². The van der Waals surface area contributed by atoms with Gasteiger partial charge in [-0.25, -0.2) is 0 Å². The third kappa shape index (κ3) is 3.31. The van der Waals surface area contributed by atoms with Crippen molar-refractivity contribution in [3.05, 3.63) is 113 Å². The summed E-state index contributed by atoms with van der Waals surface area (Å²) in [4.78, 5) is 4.58. The van der Waals surface area contributed by atoms with Gasteiger partial charge in [0.1, 0.15) is 0 Å². The second-order valence-corrected chi connectivity index (χ2v) is 9.05. The van der Waals surface area contributed by atoms with Gasteiger partial charge in [-0.2, -0.15) is 0 Å². The molecular weight excluding hydrogens is 374 g/mol. The maximum atomic E-state index is 4.58. The molecule has 0 fully saturated rings. The van der Waals surface area contributed by atoms with Gasteiger partial charge in [-0.05, 0) is 82.6 Å². The van der Waals surface area contributed by atoms with Gasteiger partial charge < -0.3 is 0 Å². The molecule has 1 nitrogen and oxygen atoms in total. The van der Waals surface area contributed by atoms with Crippen LogP contribution in [0, 0.1) is 13.8 Å². The first kappa shape index (κ1) is 19.5. The molecule has 0 amide bonds. The van der Waals surface area contributed by atoms with Gasteiger partial charge in [0, 0.05) is 17.2 Å². The number of aromatic nitrogens is 1. The summed E-state index contributed by atoms with van der Waals surface area (Å²) in [5.74, 6) is 0. The van der Waals surface area contributed by atoms with Crippen molar-refractivity contribution in [1.82, 2.24) is 4.98 Å². The molecule has 0 radical (unpaired) electrons. The molecule has 1 heteroatoms. The van der Waals surface area contributed by atoms with Crippen molar-refractivity contribution < 1.29 is 0 Å². The summed E-state index contributed by atoms with van der Waals surface area (Å²) in [6.07, 6.45) is 4.28. The summed E-state index contributed by atoms with van der Waals surface area (Å²) in [5, 5.41) is 0. The van der Waals surface area contributed by atoms with Crippen LogP contribution in [0.25, 0.3) is 34.0 Å². The van der Waals surface area contributed by atoms with Crippen LogP contribution in [0.15, 0.2) is 85.1 Å². The van der Waals surface area contributed by atoms with Crippen LogP contribution in [-0.2, 0) is 5.41 Å². The summed E-state index contributed by atoms with van der Waals surface area (Å²) < 4.78 is 0. The number of pyridine rings is 1. The number of allylic oxidation sites excluding steroid dienone is 1. The summed E-state index contributed by atoms with van der Waals surface area (Å²) >= 11 is 0. The van der Waals surface area contributed by atoms with E-state index in [9.17, 15) is 0 Å². The van der Waals surface area contributed by atoms with Crippen LogP contribution in [0.4, 0.5) is 0 Å². The SMILES string of the molecule is Cc1ccnc(-c2cccc(-c3ccc4c(c3C)C=C(c3ccccc3)C4(C)C)c2)c1. The molecule has 0 N–H and O–H groups in total. The molecule has 5 rings (SSSR count). The third-order valence-electron chi connectivity index (χ3n) is 6.62. The number of hydrogen-bond acceptors (Lipinski definition) is 1. The molecule has 3 aromatic carbocycles. The Morgan fingerprint density at radius 1 is 0.710 bits per heavy atom. The lowest BCUT2D eigenvalue weighted by Crippen LogP contribution is -2.16. The lowest BCUT2D eigenvalue weighted by atomic mass is 9.78. The van der Waals surface area contributed by atoms with E-state index in [1.807, 2.05) is 12.3 Å². The highest BCUT2D eigenvalue weighted by atomic mass is 14.7. The highest BCUT2D eigenvalue weighted by Crippen LogP contribution is 2.48. The van der Waals surface area contributed by atoms with Gasteiger partial charge in [-0.3, -0.25) is 4.98 Å². The topological polar surface area (TPSA) is 12.9 Å². The molecule has 1 aliphatic rings. The Balaban J connectivity index is 1.62. The van der Waals surface area contributed by atoms with Crippen LogP contribution >= 0.6 is 0 Å². The molecule has 1 aliphatic carbocycles. The van der Waals surface area contributed by atoms with Gasteiger partial charge >= 0.3 is 0 Å². The molecule has 1 aromatic heterocycles. The van der Waals surface area contributed by atoms with Gasteiger partial charge in [0.2, 0.25) is 0 Å². The molecule has 0 bridgehead atoms. The van der Waals surface area contributed by atoms with E-state index in [4.69, 9.17) is 0 Å². The van der Waals surface area contributed by atoms with E-state index < -0.39 is 0 Å². The van der Waals surface area contributed by atoms with Gasteiger partial charge in [0.25, 0.3) is 0 Å². The summed E-state index contributed by atoms with van der Waals surface area (Å²) in [7, 11) is 0. The van der Waals surface area contributed by atoms with Crippen LogP contribution < -0.4 is 0 Å². The number of benzene rings is 3. The third-order valence-corrected chi connectivity index (χ3v) is 6.62. The largest absolute Gasteiger partial charge is 0.256 e. The van der Waals surface area contributed by atoms with Crippen molar-refractivity contribution in [2.75, 3.05) is 0 Å². The lowest BCUT2D eigenvalue weighted by Gasteiger charge is -2.25. The van der Waals surface area contributed by atoms with Gasteiger partial charge in [0.05, 0.1) is 5.69 Å². The molecule has 0 saturated carbocycles. The Labute approximate surface area is 185 Å². The van der Waals surface area contributed by atoms with E-state index in [0.29, 0.717) is 0 Å². The number of nitrogens with zero attached hydrogens (tertiary/aromatic N) is 1. The standard InChI is InChI=1S/C30H27N/c1-20-15-16-31-29(17-20)24-12-8-11-23(18-24)25-13-14-27-26(21(25)2)19-28(30(27,3)4)22-9-6-5-7-10-22/h5-19H,1-4H3. The fourth-order valence-corrected chi connectivity index (χ4v) is 4.84. The molecule has 1 heterocycles. The summed E-state index contributed by atoms with van der Waals surface area (Å²) in [6, 6.07) is 28.3. The van der Waals surface area contributed by atoms with Crippen molar-refractivity contribution in [3.8, 4) is 22.4 Å². The average Bonchev–Trinajstić information content (AvgIpc) is 3.06. The Morgan fingerprint density at radius 2 is 1.45 bits per heavy atom. The number of rotatable bonds is 3. The molecule has 0 unspecified atom stereocenters. The highest BCUT2D eigenvalue weighted by Gasteiger charge is 2.34. The van der Waals surface area contributed by atoms with Gasteiger partial charge in [-0.15, -0.1) is 0 Å². The molecule has 0 atom stereocenters. The van der Waals surface area contributed by atoms with E-state index in [2.05, 4.69) is 112 Å². The molecule has 0 spiro atoms. The van der Waals surface area contributed by atoms with Crippen LogP contribution in [-0.4, -0.2) is 4.98 Å².